The number of para-hydroxylation sites is 1. The maximum absolute atomic E-state index is 12.2. The zero-order valence-electron chi connectivity index (χ0n) is 10.2. The zero-order valence-corrected chi connectivity index (χ0v) is 11.0. The van der Waals surface area contributed by atoms with Gasteiger partial charge in [-0.25, -0.2) is 13.1 Å². The van der Waals surface area contributed by atoms with Gasteiger partial charge in [-0.1, -0.05) is 12.1 Å². The van der Waals surface area contributed by atoms with Crippen molar-refractivity contribution in [3.8, 4) is 0 Å². The van der Waals surface area contributed by atoms with Crippen molar-refractivity contribution < 1.29 is 13.3 Å². The molecule has 0 heterocycles. The van der Waals surface area contributed by atoms with Gasteiger partial charge in [-0.2, -0.15) is 0 Å². The Bertz CT molecular complexity index is 587. The first-order chi connectivity index (χ1) is 8.90. The molecule has 0 aliphatic heterocycles. The van der Waals surface area contributed by atoms with E-state index in [1.54, 1.807) is 0 Å². The van der Waals surface area contributed by atoms with Crippen LogP contribution in [0.15, 0.2) is 29.2 Å². The van der Waals surface area contributed by atoms with Gasteiger partial charge in [0.1, 0.15) is 0 Å². The van der Waals surface area contributed by atoms with Crippen LogP contribution in [0, 0.1) is 10.1 Å². The van der Waals surface area contributed by atoms with Crippen LogP contribution >= 0.6 is 0 Å². The van der Waals surface area contributed by atoms with E-state index in [1.807, 2.05) is 0 Å². The lowest BCUT2D eigenvalue weighted by Gasteiger charge is -2.12. The number of nitrogens with one attached hydrogen (secondary N) is 1. The Morgan fingerprint density at radius 3 is 2.58 bits per heavy atom. The maximum Gasteiger partial charge on any atom is 0.289 e. The van der Waals surface area contributed by atoms with Gasteiger partial charge in [0.25, 0.3) is 5.69 Å². The van der Waals surface area contributed by atoms with Gasteiger partial charge in [0.15, 0.2) is 4.90 Å². The van der Waals surface area contributed by atoms with Crippen molar-refractivity contribution in [3.05, 3.63) is 34.4 Å². The van der Waals surface area contributed by atoms with Gasteiger partial charge in [-0.05, 0) is 25.3 Å². The van der Waals surface area contributed by atoms with E-state index in [0.29, 0.717) is 12.8 Å². The summed E-state index contributed by atoms with van der Waals surface area (Å²) in [5, 5.41) is 10.9. The summed E-state index contributed by atoms with van der Waals surface area (Å²) in [5.41, 5.74) is 5.30. The summed E-state index contributed by atoms with van der Waals surface area (Å²) >= 11 is 0. The smallest absolute Gasteiger partial charge is 0.289 e. The van der Waals surface area contributed by atoms with Crippen LogP contribution in [0.2, 0.25) is 0 Å². The van der Waals surface area contributed by atoms with Crippen molar-refractivity contribution in [2.75, 3.05) is 0 Å². The van der Waals surface area contributed by atoms with Crippen LogP contribution in [0.25, 0.3) is 0 Å². The van der Waals surface area contributed by atoms with Gasteiger partial charge in [0.2, 0.25) is 10.0 Å². The average molecular weight is 285 g/mol. The molecule has 0 aromatic heterocycles. The first-order valence-electron chi connectivity index (χ1n) is 5.91. The average Bonchev–Trinajstić information content (AvgIpc) is 2.74. The first-order valence-corrected chi connectivity index (χ1v) is 7.40. The molecule has 1 fully saturated rings. The minimum absolute atomic E-state index is 0.0153. The summed E-state index contributed by atoms with van der Waals surface area (Å²) in [6, 6.07) is 5.03. The quantitative estimate of drug-likeness (QED) is 0.625. The second kappa shape index (κ2) is 5.24. The molecule has 7 nitrogen and oxygen atoms in total. The van der Waals surface area contributed by atoms with Crippen molar-refractivity contribution in [1.29, 1.82) is 0 Å². The van der Waals surface area contributed by atoms with Crippen LogP contribution in [-0.4, -0.2) is 25.4 Å². The van der Waals surface area contributed by atoms with Gasteiger partial charge < -0.3 is 5.73 Å². The largest absolute Gasteiger partial charge is 0.328 e. The summed E-state index contributed by atoms with van der Waals surface area (Å²) in [7, 11) is -3.89. The first kappa shape index (κ1) is 13.9. The molecular formula is C11H15N3O4S. The lowest BCUT2D eigenvalue weighted by atomic mass is 10.2. The molecule has 0 bridgehead atoms. The predicted octanol–water partition coefficient (Wildman–Crippen LogP) is 0.753. The Labute approximate surface area is 111 Å². The Balaban J connectivity index is 2.27. The summed E-state index contributed by atoms with van der Waals surface area (Å²) in [5.74, 6) is 0. The van der Waals surface area contributed by atoms with Crippen LogP contribution in [-0.2, 0) is 10.0 Å². The molecule has 1 aliphatic rings. The normalized spacial score (nSPS) is 23.4. The number of nitrogens with zero attached hydrogens (tertiary/aromatic N) is 1. The Hall–Kier alpha value is -1.51. The molecule has 2 unspecified atom stereocenters. The highest BCUT2D eigenvalue weighted by molar-refractivity contribution is 7.89. The molecule has 1 aromatic rings. The fourth-order valence-corrected chi connectivity index (χ4v) is 3.70. The van der Waals surface area contributed by atoms with Gasteiger partial charge >= 0.3 is 0 Å². The molecule has 0 spiro atoms. The van der Waals surface area contributed by atoms with Crippen molar-refractivity contribution in [2.24, 2.45) is 5.73 Å². The van der Waals surface area contributed by atoms with E-state index in [9.17, 15) is 18.5 Å². The van der Waals surface area contributed by atoms with Crippen molar-refractivity contribution in [2.45, 2.75) is 36.2 Å². The van der Waals surface area contributed by atoms with Gasteiger partial charge in [-0.3, -0.25) is 10.1 Å². The molecule has 2 rings (SSSR count). The predicted molar refractivity (Wildman–Crippen MR) is 69.0 cm³/mol. The minimum Gasteiger partial charge on any atom is -0.328 e. The Kier molecular flexibility index (Phi) is 3.83. The minimum atomic E-state index is -3.89. The molecule has 1 saturated carbocycles. The van der Waals surface area contributed by atoms with Crippen LogP contribution in [0.3, 0.4) is 0 Å². The third-order valence-corrected chi connectivity index (χ3v) is 4.71. The highest BCUT2D eigenvalue weighted by Gasteiger charge is 2.30. The molecule has 0 amide bonds. The molecule has 0 radical (unpaired) electrons. The second-order valence-corrected chi connectivity index (χ2v) is 6.30. The molecule has 2 atom stereocenters. The van der Waals surface area contributed by atoms with Gasteiger partial charge in [0.05, 0.1) is 4.92 Å². The van der Waals surface area contributed by atoms with E-state index in [0.717, 1.165) is 6.42 Å². The Morgan fingerprint density at radius 2 is 2.00 bits per heavy atom. The molecule has 8 heteroatoms. The fourth-order valence-electron chi connectivity index (χ4n) is 2.24. The molecule has 1 aliphatic carbocycles. The SMILES string of the molecule is NC1CCC(NS(=O)(=O)c2ccccc2[N+](=O)[O-])C1. The van der Waals surface area contributed by atoms with E-state index in [-0.39, 0.29) is 17.0 Å². The van der Waals surface area contributed by atoms with Crippen molar-refractivity contribution in [1.82, 2.24) is 4.72 Å². The molecule has 19 heavy (non-hydrogen) atoms. The highest BCUT2D eigenvalue weighted by Crippen LogP contribution is 2.25. The number of benzene rings is 1. The van der Waals surface area contributed by atoms with E-state index in [2.05, 4.69) is 4.72 Å². The number of nitro groups is 1. The summed E-state index contributed by atoms with van der Waals surface area (Å²) < 4.78 is 26.8. The molecule has 3 N–H and O–H groups in total. The molecular weight excluding hydrogens is 270 g/mol. The summed E-state index contributed by atoms with van der Waals surface area (Å²) in [6.07, 6.45) is 1.96. The number of hydrogen-bond acceptors (Lipinski definition) is 5. The number of rotatable bonds is 4. The highest BCUT2D eigenvalue weighted by atomic mass is 32.2. The van der Waals surface area contributed by atoms with Gasteiger partial charge in [-0.15, -0.1) is 0 Å². The number of nitro benzene ring substituents is 1. The molecule has 104 valence electrons. The maximum atomic E-state index is 12.2. The third kappa shape index (κ3) is 3.09. The zero-order chi connectivity index (χ0) is 14.0. The van der Waals surface area contributed by atoms with E-state index < -0.39 is 20.6 Å². The van der Waals surface area contributed by atoms with Crippen LogP contribution < -0.4 is 10.5 Å². The van der Waals surface area contributed by atoms with E-state index >= 15 is 0 Å². The summed E-state index contributed by atoms with van der Waals surface area (Å²) in [6.45, 7) is 0. The van der Waals surface area contributed by atoms with E-state index in [4.69, 9.17) is 5.73 Å². The molecule has 1 aromatic carbocycles. The van der Waals surface area contributed by atoms with Gasteiger partial charge in [0, 0.05) is 18.2 Å². The topological polar surface area (TPSA) is 115 Å². The standard InChI is InChI=1S/C11H15N3O4S/c12-8-5-6-9(7-8)13-19(17,18)11-4-2-1-3-10(11)14(15)16/h1-4,8-9,13H,5-7,12H2. The number of nitrogens with two attached hydrogens (primary N) is 1. The number of sulfonamides is 1. The third-order valence-electron chi connectivity index (χ3n) is 3.15. The van der Waals surface area contributed by atoms with Crippen LogP contribution in [0.1, 0.15) is 19.3 Å². The monoisotopic (exact) mass is 285 g/mol. The summed E-state index contributed by atoms with van der Waals surface area (Å²) in [4.78, 5) is 9.85. The number of hydrogen-bond donors (Lipinski definition) is 2. The van der Waals surface area contributed by atoms with E-state index in [1.165, 1.54) is 24.3 Å². The molecule has 0 saturated heterocycles. The van der Waals surface area contributed by atoms with Crippen molar-refractivity contribution in [3.63, 3.8) is 0 Å². The van der Waals surface area contributed by atoms with Crippen LogP contribution in [0.5, 0.6) is 0 Å². The van der Waals surface area contributed by atoms with Crippen LogP contribution in [0.4, 0.5) is 5.69 Å². The fraction of sp³-hybridized carbons (Fsp3) is 0.455. The second-order valence-electron chi connectivity index (χ2n) is 4.62. The van der Waals surface area contributed by atoms with Crippen molar-refractivity contribution >= 4 is 15.7 Å². The lowest BCUT2D eigenvalue weighted by molar-refractivity contribution is -0.387. The Morgan fingerprint density at radius 1 is 1.32 bits per heavy atom. The lowest BCUT2D eigenvalue weighted by Crippen LogP contribution is -2.34.